The number of methoxy groups -OCH3 is 1. The highest BCUT2D eigenvalue weighted by atomic mass is 35.5. The van der Waals surface area contributed by atoms with Crippen LogP contribution in [0.4, 0.5) is 0 Å². The second kappa shape index (κ2) is 9.89. The molecule has 1 atom stereocenters. The highest BCUT2D eigenvalue weighted by Gasteiger charge is 2.18. The van der Waals surface area contributed by atoms with Gasteiger partial charge in [0, 0.05) is 6.08 Å². The maximum absolute atomic E-state index is 11.9. The molecule has 8 heteroatoms. The number of hydrogen-bond donors (Lipinski definition) is 1. The summed E-state index contributed by atoms with van der Waals surface area (Å²) in [5, 5.41) is 2.49. The number of carbonyl (C=O) groups excluding carboxylic acids is 3. The number of carbonyl (C=O) groups is 3. The van der Waals surface area contributed by atoms with Gasteiger partial charge in [-0.15, -0.1) is 11.3 Å². The lowest BCUT2D eigenvalue weighted by molar-refractivity contribution is -0.145. The van der Waals surface area contributed by atoms with Crippen molar-refractivity contribution in [1.29, 1.82) is 0 Å². The molecule has 6 nitrogen and oxygen atoms in total. The van der Waals surface area contributed by atoms with Gasteiger partial charge in [-0.3, -0.25) is 9.59 Å². The van der Waals surface area contributed by atoms with Crippen molar-refractivity contribution in [2.75, 3.05) is 13.7 Å². The van der Waals surface area contributed by atoms with Crippen LogP contribution in [0.3, 0.4) is 0 Å². The number of amides is 1. The standard InChI is InChI=1S/C19H18ClNO5S/c1-12(19(24)26-11-15(22)16-8-9-17(20)27-16)21-18(23)10-5-13-3-6-14(25-2)7-4-13/h3-10,12H,11H2,1-2H3,(H,21,23). The van der Waals surface area contributed by atoms with Crippen molar-refractivity contribution in [1.82, 2.24) is 5.32 Å². The number of halogens is 1. The van der Waals surface area contributed by atoms with E-state index in [9.17, 15) is 14.4 Å². The van der Waals surface area contributed by atoms with E-state index >= 15 is 0 Å². The Bertz CT molecular complexity index is 844. The fraction of sp³-hybridized carbons (Fsp3) is 0.211. The molecule has 0 radical (unpaired) electrons. The first kappa shape index (κ1) is 20.7. The number of benzene rings is 1. The Hall–Kier alpha value is -2.64. The van der Waals surface area contributed by atoms with E-state index in [1.807, 2.05) is 0 Å². The SMILES string of the molecule is COc1ccc(C=CC(=O)NC(C)C(=O)OCC(=O)c2ccc(Cl)s2)cc1. The van der Waals surface area contributed by atoms with E-state index in [2.05, 4.69) is 5.32 Å². The Morgan fingerprint density at radius 3 is 2.48 bits per heavy atom. The number of esters is 1. The molecule has 1 amide bonds. The molecule has 0 spiro atoms. The summed E-state index contributed by atoms with van der Waals surface area (Å²) in [5.41, 5.74) is 0.807. The number of hydrogen-bond acceptors (Lipinski definition) is 6. The molecule has 1 N–H and O–H groups in total. The van der Waals surface area contributed by atoms with Gasteiger partial charge in [-0.2, -0.15) is 0 Å². The molecule has 0 saturated heterocycles. The first-order valence-corrected chi connectivity index (χ1v) is 9.16. The fourth-order valence-electron chi connectivity index (χ4n) is 2.00. The van der Waals surface area contributed by atoms with Crippen molar-refractivity contribution in [2.24, 2.45) is 0 Å². The second-order valence-electron chi connectivity index (χ2n) is 5.47. The number of Topliss-reactive ketones (excluding diaryl/α,β-unsaturated/α-hetero) is 1. The van der Waals surface area contributed by atoms with Crippen molar-refractivity contribution in [2.45, 2.75) is 13.0 Å². The minimum atomic E-state index is -0.891. The topological polar surface area (TPSA) is 81.7 Å². The Morgan fingerprint density at radius 1 is 1.19 bits per heavy atom. The van der Waals surface area contributed by atoms with E-state index in [-0.39, 0.29) is 5.78 Å². The lowest BCUT2D eigenvalue weighted by Crippen LogP contribution is -2.39. The molecule has 27 heavy (non-hydrogen) atoms. The summed E-state index contributed by atoms with van der Waals surface area (Å²) in [6.45, 7) is 1.07. The molecule has 1 aromatic heterocycles. The van der Waals surface area contributed by atoms with Crippen molar-refractivity contribution < 1.29 is 23.9 Å². The predicted octanol–water partition coefficient (Wildman–Crippen LogP) is 3.35. The molecule has 1 heterocycles. The average molecular weight is 408 g/mol. The Labute approximate surface area is 165 Å². The molecule has 0 aliphatic heterocycles. The number of thiophene rings is 1. The third kappa shape index (κ3) is 6.54. The zero-order valence-electron chi connectivity index (χ0n) is 14.7. The van der Waals surface area contributed by atoms with E-state index in [0.29, 0.717) is 15.0 Å². The van der Waals surface area contributed by atoms with E-state index in [1.165, 1.54) is 13.0 Å². The van der Waals surface area contributed by atoms with Crippen LogP contribution in [0.1, 0.15) is 22.2 Å². The zero-order chi connectivity index (χ0) is 19.8. The Kier molecular flexibility index (Phi) is 7.57. The quantitative estimate of drug-likeness (QED) is 0.412. The van der Waals surface area contributed by atoms with E-state index in [1.54, 1.807) is 49.6 Å². The van der Waals surface area contributed by atoms with Crippen LogP contribution in [0, 0.1) is 0 Å². The summed E-state index contributed by atoms with van der Waals surface area (Å²) < 4.78 is 10.5. The number of ether oxygens (including phenoxy) is 2. The summed E-state index contributed by atoms with van der Waals surface area (Å²) in [6, 6.07) is 9.41. The van der Waals surface area contributed by atoms with Gasteiger partial charge in [0.1, 0.15) is 11.8 Å². The summed E-state index contributed by atoms with van der Waals surface area (Å²) >= 11 is 6.87. The van der Waals surface area contributed by atoms with Gasteiger partial charge >= 0.3 is 5.97 Å². The van der Waals surface area contributed by atoms with Crippen LogP contribution in [0.25, 0.3) is 6.08 Å². The van der Waals surface area contributed by atoms with Crippen LogP contribution in [0.15, 0.2) is 42.5 Å². The molecule has 0 aliphatic carbocycles. The first-order chi connectivity index (χ1) is 12.9. The van der Waals surface area contributed by atoms with Gasteiger partial charge in [0.15, 0.2) is 6.61 Å². The van der Waals surface area contributed by atoms with Gasteiger partial charge in [-0.05, 0) is 42.8 Å². The van der Waals surface area contributed by atoms with E-state index in [0.717, 1.165) is 16.9 Å². The Balaban J connectivity index is 1.79. The lowest BCUT2D eigenvalue weighted by Gasteiger charge is -2.11. The summed E-state index contributed by atoms with van der Waals surface area (Å²) in [6.07, 6.45) is 2.92. The van der Waals surface area contributed by atoms with Crippen LogP contribution in [0.2, 0.25) is 4.34 Å². The van der Waals surface area contributed by atoms with Gasteiger partial charge in [0.05, 0.1) is 16.3 Å². The molecule has 2 rings (SSSR count). The molecular weight excluding hydrogens is 390 g/mol. The molecule has 1 unspecified atom stereocenters. The molecule has 0 aliphatic rings. The Morgan fingerprint density at radius 2 is 1.89 bits per heavy atom. The lowest BCUT2D eigenvalue weighted by atomic mass is 10.2. The van der Waals surface area contributed by atoms with Crippen molar-refractivity contribution in [3.05, 3.63) is 57.3 Å². The molecule has 0 fully saturated rings. The molecule has 142 valence electrons. The highest BCUT2D eigenvalue weighted by Crippen LogP contribution is 2.21. The highest BCUT2D eigenvalue weighted by molar-refractivity contribution is 7.18. The zero-order valence-corrected chi connectivity index (χ0v) is 16.3. The molecular formula is C19H18ClNO5S. The van der Waals surface area contributed by atoms with E-state index in [4.69, 9.17) is 21.1 Å². The summed E-state index contributed by atoms with van der Waals surface area (Å²) in [7, 11) is 1.57. The number of ketones is 1. The van der Waals surface area contributed by atoms with Crippen molar-refractivity contribution in [3.63, 3.8) is 0 Å². The largest absolute Gasteiger partial charge is 0.497 e. The van der Waals surface area contributed by atoms with Crippen LogP contribution < -0.4 is 10.1 Å². The average Bonchev–Trinajstić information content (AvgIpc) is 3.11. The van der Waals surface area contributed by atoms with Crippen LogP contribution in [0.5, 0.6) is 5.75 Å². The number of rotatable bonds is 8. The van der Waals surface area contributed by atoms with E-state index < -0.39 is 24.5 Å². The monoisotopic (exact) mass is 407 g/mol. The van der Waals surface area contributed by atoms with Crippen molar-refractivity contribution in [3.8, 4) is 5.75 Å². The van der Waals surface area contributed by atoms with Crippen LogP contribution in [-0.4, -0.2) is 37.4 Å². The molecule has 0 saturated carbocycles. The third-order valence-electron chi connectivity index (χ3n) is 3.45. The van der Waals surface area contributed by atoms with Crippen LogP contribution >= 0.6 is 22.9 Å². The number of nitrogens with one attached hydrogen (secondary N) is 1. The maximum Gasteiger partial charge on any atom is 0.328 e. The molecule has 1 aromatic carbocycles. The van der Waals surface area contributed by atoms with Gasteiger partial charge in [-0.1, -0.05) is 23.7 Å². The molecule has 2 aromatic rings. The van der Waals surface area contributed by atoms with Gasteiger partial charge in [-0.25, -0.2) is 4.79 Å². The fourth-order valence-corrected chi connectivity index (χ4v) is 2.97. The minimum Gasteiger partial charge on any atom is -0.497 e. The third-order valence-corrected chi connectivity index (χ3v) is 4.72. The smallest absolute Gasteiger partial charge is 0.328 e. The minimum absolute atomic E-state index is 0.349. The second-order valence-corrected chi connectivity index (χ2v) is 7.19. The van der Waals surface area contributed by atoms with Crippen LogP contribution in [-0.2, 0) is 14.3 Å². The van der Waals surface area contributed by atoms with Gasteiger partial charge < -0.3 is 14.8 Å². The van der Waals surface area contributed by atoms with Crippen molar-refractivity contribution >= 4 is 46.7 Å². The van der Waals surface area contributed by atoms with Gasteiger partial charge in [0.2, 0.25) is 11.7 Å². The summed E-state index contributed by atoms with van der Waals surface area (Å²) in [4.78, 5) is 36.1. The predicted molar refractivity (Wildman–Crippen MR) is 104 cm³/mol. The maximum atomic E-state index is 11.9. The molecule has 0 bridgehead atoms. The first-order valence-electron chi connectivity index (χ1n) is 7.97. The summed E-state index contributed by atoms with van der Waals surface area (Å²) in [5.74, 6) is -0.783. The van der Waals surface area contributed by atoms with Gasteiger partial charge in [0.25, 0.3) is 0 Å². The normalized spacial score (nSPS) is 11.8.